The lowest BCUT2D eigenvalue weighted by molar-refractivity contribution is 0.871. The molecule has 0 aliphatic rings. The van der Waals surface area contributed by atoms with Gasteiger partial charge in [0.1, 0.15) is 16.7 Å². The molecule has 0 saturated carbocycles. The molecule has 2 aromatic rings. The van der Waals surface area contributed by atoms with Crippen molar-refractivity contribution in [3.8, 4) is 0 Å². The van der Waals surface area contributed by atoms with Crippen LogP contribution in [-0.4, -0.2) is 9.97 Å². The van der Waals surface area contributed by atoms with E-state index in [4.69, 9.17) is 5.84 Å². The Kier molecular flexibility index (Phi) is 4.79. The molecule has 0 aliphatic carbocycles. The number of nitrogen functional groups attached to an aromatic ring is 1. The van der Waals surface area contributed by atoms with E-state index in [2.05, 4.69) is 43.5 Å². The van der Waals surface area contributed by atoms with Crippen molar-refractivity contribution in [1.82, 2.24) is 9.97 Å². The lowest BCUT2D eigenvalue weighted by Gasteiger charge is -2.11. The molecular formula is C13H15BrN4S. The van der Waals surface area contributed by atoms with Crippen LogP contribution in [0.25, 0.3) is 0 Å². The highest BCUT2D eigenvalue weighted by Crippen LogP contribution is 2.32. The Hall–Kier alpha value is -1.11. The molecule has 0 fully saturated rings. The van der Waals surface area contributed by atoms with E-state index in [0.717, 1.165) is 32.2 Å². The largest absolute Gasteiger partial charge is 0.308 e. The van der Waals surface area contributed by atoms with Gasteiger partial charge in [-0.05, 0) is 25.1 Å². The van der Waals surface area contributed by atoms with Gasteiger partial charge in [0.05, 0.1) is 0 Å². The number of rotatable bonds is 4. The van der Waals surface area contributed by atoms with Gasteiger partial charge in [-0.25, -0.2) is 15.8 Å². The van der Waals surface area contributed by atoms with Crippen LogP contribution in [0.1, 0.15) is 18.3 Å². The summed E-state index contributed by atoms with van der Waals surface area (Å²) in [5, 5.41) is 0.929. The molecule has 4 nitrogen and oxygen atoms in total. The van der Waals surface area contributed by atoms with Crippen molar-refractivity contribution in [3.05, 3.63) is 40.1 Å². The molecule has 2 rings (SSSR count). The quantitative estimate of drug-likeness (QED) is 0.507. The van der Waals surface area contributed by atoms with Gasteiger partial charge in [0, 0.05) is 21.4 Å². The number of aromatic nitrogens is 2. The van der Waals surface area contributed by atoms with Crippen LogP contribution in [0.15, 0.2) is 38.7 Å². The molecule has 0 bridgehead atoms. The summed E-state index contributed by atoms with van der Waals surface area (Å²) in [6.07, 6.45) is 0.779. The summed E-state index contributed by atoms with van der Waals surface area (Å²) in [4.78, 5) is 10.1. The van der Waals surface area contributed by atoms with Gasteiger partial charge in [0.15, 0.2) is 0 Å². The van der Waals surface area contributed by atoms with E-state index in [0.29, 0.717) is 5.82 Å². The SMILES string of the molecule is CCc1nc(NN)c(C)c(Sc2cccc(Br)c2)n1. The predicted octanol–water partition coefficient (Wildman–Crippen LogP) is 3.55. The number of nitrogens with zero attached hydrogens (tertiary/aromatic N) is 2. The van der Waals surface area contributed by atoms with E-state index in [9.17, 15) is 0 Å². The summed E-state index contributed by atoms with van der Waals surface area (Å²) in [5.74, 6) is 6.98. The molecule has 0 spiro atoms. The molecule has 100 valence electrons. The Morgan fingerprint density at radius 3 is 2.79 bits per heavy atom. The molecule has 19 heavy (non-hydrogen) atoms. The topological polar surface area (TPSA) is 63.8 Å². The van der Waals surface area contributed by atoms with Crippen LogP contribution in [0.5, 0.6) is 0 Å². The lowest BCUT2D eigenvalue weighted by atomic mass is 10.3. The maximum absolute atomic E-state index is 5.50. The van der Waals surface area contributed by atoms with Crippen molar-refractivity contribution in [2.45, 2.75) is 30.2 Å². The van der Waals surface area contributed by atoms with Gasteiger partial charge in [-0.15, -0.1) is 0 Å². The number of nitrogens with one attached hydrogen (secondary N) is 1. The first-order valence-electron chi connectivity index (χ1n) is 5.91. The van der Waals surface area contributed by atoms with Crippen molar-refractivity contribution in [2.75, 3.05) is 5.43 Å². The minimum Gasteiger partial charge on any atom is -0.308 e. The van der Waals surface area contributed by atoms with Crippen molar-refractivity contribution in [1.29, 1.82) is 0 Å². The van der Waals surface area contributed by atoms with Crippen LogP contribution in [0.3, 0.4) is 0 Å². The van der Waals surface area contributed by atoms with Crippen molar-refractivity contribution in [2.24, 2.45) is 5.84 Å². The minimum absolute atomic E-state index is 0.685. The number of nitrogens with two attached hydrogens (primary N) is 1. The van der Waals surface area contributed by atoms with Crippen LogP contribution >= 0.6 is 27.7 Å². The number of anilines is 1. The number of hydrogen-bond acceptors (Lipinski definition) is 5. The van der Waals surface area contributed by atoms with Crippen LogP contribution in [0.2, 0.25) is 0 Å². The third kappa shape index (κ3) is 3.46. The third-order valence-corrected chi connectivity index (χ3v) is 4.18. The van der Waals surface area contributed by atoms with Gasteiger partial charge in [0.2, 0.25) is 0 Å². The van der Waals surface area contributed by atoms with Crippen LogP contribution in [-0.2, 0) is 6.42 Å². The number of halogens is 1. The normalized spacial score (nSPS) is 10.5. The standard InChI is InChI=1S/C13H15BrN4S/c1-3-11-16-12(18-15)8(2)13(17-11)19-10-6-4-5-9(14)7-10/h4-7H,3,15H2,1-2H3,(H,16,17,18). The second-order valence-corrected chi connectivity index (χ2v) is 5.95. The second-order valence-electron chi connectivity index (χ2n) is 3.98. The maximum Gasteiger partial charge on any atom is 0.147 e. The Morgan fingerprint density at radius 1 is 1.37 bits per heavy atom. The molecule has 1 heterocycles. The van der Waals surface area contributed by atoms with Gasteiger partial charge < -0.3 is 5.43 Å². The van der Waals surface area contributed by atoms with Crippen LogP contribution in [0, 0.1) is 6.92 Å². The first-order chi connectivity index (χ1) is 9.13. The molecule has 6 heteroatoms. The Labute approximate surface area is 125 Å². The van der Waals surface area contributed by atoms with E-state index in [1.807, 2.05) is 26.0 Å². The van der Waals surface area contributed by atoms with E-state index in [-0.39, 0.29) is 0 Å². The summed E-state index contributed by atoms with van der Waals surface area (Å²) in [6.45, 7) is 3.99. The maximum atomic E-state index is 5.50. The Bertz CT molecular complexity index is 589. The molecule has 0 unspecified atom stereocenters. The third-order valence-electron chi connectivity index (χ3n) is 2.61. The zero-order valence-corrected chi connectivity index (χ0v) is 13.2. The highest BCUT2D eigenvalue weighted by molar-refractivity contribution is 9.10. The predicted molar refractivity (Wildman–Crippen MR) is 82.2 cm³/mol. The average Bonchev–Trinajstić information content (AvgIpc) is 2.41. The zero-order chi connectivity index (χ0) is 13.8. The summed E-state index contributed by atoms with van der Waals surface area (Å²) >= 11 is 5.08. The summed E-state index contributed by atoms with van der Waals surface area (Å²) in [5.41, 5.74) is 3.60. The van der Waals surface area contributed by atoms with Crippen LogP contribution in [0.4, 0.5) is 5.82 Å². The molecule has 0 amide bonds. The molecular weight excluding hydrogens is 324 g/mol. The molecule has 0 atom stereocenters. The summed E-state index contributed by atoms with van der Waals surface area (Å²) in [6, 6.07) is 8.12. The number of hydrogen-bond donors (Lipinski definition) is 2. The molecule has 0 radical (unpaired) electrons. The first-order valence-corrected chi connectivity index (χ1v) is 7.52. The second kappa shape index (κ2) is 6.36. The Morgan fingerprint density at radius 2 is 2.16 bits per heavy atom. The zero-order valence-electron chi connectivity index (χ0n) is 10.8. The number of aryl methyl sites for hydroxylation is 1. The van der Waals surface area contributed by atoms with E-state index in [1.165, 1.54) is 0 Å². The highest BCUT2D eigenvalue weighted by atomic mass is 79.9. The molecule has 1 aromatic heterocycles. The molecule has 0 saturated heterocycles. The first kappa shape index (κ1) is 14.3. The fourth-order valence-electron chi connectivity index (χ4n) is 1.58. The van der Waals surface area contributed by atoms with Crippen LogP contribution < -0.4 is 11.3 Å². The van der Waals surface area contributed by atoms with Gasteiger partial charge >= 0.3 is 0 Å². The molecule has 0 aliphatic heterocycles. The minimum atomic E-state index is 0.685. The van der Waals surface area contributed by atoms with Gasteiger partial charge in [-0.2, -0.15) is 0 Å². The number of benzene rings is 1. The molecule has 1 aromatic carbocycles. The van der Waals surface area contributed by atoms with Gasteiger partial charge in [0.25, 0.3) is 0 Å². The van der Waals surface area contributed by atoms with Gasteiger partial charge in [-0.1, -0.05) is 40.7 Å². The monoisotopic (exact) mass is 338 g/mol. The summed E-state index contributed by atoms with van der Waals surface area (Å²) < 4.78 is 1.05. The summed E-state index contributed by atoms with van der Waals surface area (Å²) in [7, 11) is 0. The smallest absolute Gasteiger partial charge is 0.147 e. The molecule has 3 N–H and O–H groups in total. The van der Waals surface area contributed by atoms with E-state index in [1.54, 1.807) is 11.8 Å². The Balaban J connectivity index is 2.38. The van der Waals surface area contributed by atoms with Crippen molar-refractivity contribution >= 4 is 33.5 Å². The van der Waals surface area contributed by atoms with Gasteiger partial charge in [-0.3, -0.25) is 0 Å². The highest BCUT2D eigenvalue weighted by Gasteiger charge is 2.11. The lowest BCUT2D eigenvalue weighted by Crippen LogP contribution is -2.13. The van der Waals surface area contributed by atoms with E-state index >= 15 is 0 Å². The van der Waals surface area contributed by atoms with Crippen molar-refractivity contribution < 1.29 is 0 Å². The van der Waals surface area contributed by atoms with E-state index < -0.39 is 0 Å². The number of hydrazine groups is 1. The average molecular weight is 339 g/mol. The fraction of sp³-hybridized carbons (Fsp3) is 0.231. The van der Waals surface area contributed by atoms with Crippen molar-refractivity contribution in [3.63, 3.8) is 0 Å². The fourth-order valence-corrected chi connectivity index (χ4v) is 3.09.